The standard InChI is InChI=1S/C12H12FNOS/c1-7-4-3-5-9(11(7)13)12-14-10(6-16-12)8(2)15/h3-6,8,15H,1-2H3. The van der Waals surface area contributed by atoms with Crippen molar-refractivity contribution in [2.45, 2.75) is 20.0 Å². The molecule has 0 fully saturated rings. The molecule has 0 saturated carbocycles. The Morgan fingerprint density at radius 1 is 1.44 bits per heavy atom. The predicted octanol–water partition coefficient (Wildman–Crippen LogP) is 3.31. The van der Waals surface area contributed by atoms with Crippen LogP contribution >= 0.6 is 11.3 Å². The van der Waals surface area contributed by atoms with Crippen LogP contribution in [0.2, 0.25) is 0 Å². The van der Waals surface area contributed by atoms with Crippen LogP contribution in [0, 0.1) is 12.7 Å². The van der Waals surface area contributed by atoms with Crippen LogP contribution in [-0.2, 0) is 0 Å². The van der Waals surface area contributed by atoms with E-state index in [-0.39, 0.29) is 5.82 Å². The molecule has 1 aromatic heterocycles. The molecule has 1 N–H and O–H groups in total. The third-order valence-electron chi connectivity index (χ3n) is 2.37. The number of hydrogen-bond donors (Lipinski definition) is 1. The van der Waals surface area contributed by atoms with Crippen LogP contribution in [0.5, 0.6) is 0 Å². The monoisotopic (exact) mass is 237 g/mol. The highest BCUT2D eigenvalue weighted by Gasteiger charge is 2.12. The van der Waals surface area contributed by atoms with Crippen LogP contribution in [0.3, 0.4) is 0 Å². The Hall–Kier alpha value is -1.26. The van der Waals surface area contributed by atoms with Gasteiger partial charge in [-0.3, -0.25) is 0 Å². The van der Waals surface area contributed by atoms with Gasteiger partial charge in [0.1, 0.15) is 10.8 Å². The highest BCUT2D eigenvalue weighted by Crippen LogP contribution is 2.29. The molecule has 16 heavy (non-hydrogen) atoms. The summed E-state index contributed by atoms with van der Waals surface area (Å²) < 4.78 is 13.8. The largest absolute Gasteiger partial charge is 0.387 e. The topological polar surface area (TPSA) is 33.1 Å². The van der Waals surface area contributed by atoms with Crippen LogP contribution in [-0.4, -0.2) is 10.1 Å². The second kappa shape index (κ2) is 4.31. The van der Waals surface area contributed by atoms with Gasteiger partial charge in [-0.15, -0.1) is 11.3 Å². The van der Waals surface area contributed by atoms with Gasteiger partial charge in [-0.2, -0.15) is 0 Å². The molecule has 0 radical (unpaired) electrons. The maximum Gasteiger partial charge on any atom is 0.136 e. The van der Waals surface area contributed by atoms with Crippen LogP contribution in [0.4, 0.5) is 4.39 Å². The Morgan fingerprint density at radius 3 is 2.81 bits per heavy atom. The molecule has 1 aromatic carbocycles. The molecule has 1 heterocycles. The molecule has 4 heteroatoms. The Labute approximate surface area is 97.4 Å². The average molecular weight is 237 g/mol. The van der Waals surface area contributed by atoms with E-state index in [1.54, 1.807) is 37.4 Å². The minimum atomic E-state index is -0.613. The molecular formula is C12H12FNOS. The zero-order chi connectivity index (χ0) is 11.7. The van der Waals surface area contributed by atoms with E-state index in [1.165, 1.54) is 11.3 Å². The highest BCUT2D eigenvalue weighted by molar-refractivity contribution is 7.13. The Bertz CT molecular complexity index is 507. The van der Waals surface area contributed by atoms with Gasteiger partial charge in [0, 0.05) is 10.9 Å². The van der Waals surface area contributed by atoms with Gasteiger partial charge in [0.15, 0.2) is 0 Å². The Morgan fingerprint density at radius 2 is 2.19 bits per heavy atom. The summed E-state index contributed by atoms with van der Waals surface area (Å²) in [7, 11) is 0. The number of aliphatic hydroxyl groups excluding tert-OH is 1. The van der Waals surface area contributed by atoms with E-state index in [9.17, 15) is 9.50 Å². The fourth-order valence-electron chi connectivity index (χ4n) is 1.41. The summed E-state index contributed by atoms with van der Waals surface area (Å²) >= 11 is 1.34. The van der Waals surface area contributed by atoms with E-state index in [1.807, 2.05) is 0 Å². The normalized spacial score (nSPS) is 12.8. The number of halogens is 1. The number of aromatic nitrogens is 1. The molecule has 1 atom stereocenters. The number of nitrogens with zero attached hydrogens (tertiary/aromatic N) is 1. The first-order chi connectivity index (χ1) is 7.59. The second-order valence-electron chi connectivity index (χ2n) is 3.69. The first-order valence-electron chi connectivity index (χ1n) is 4.98. The molecule has 0 saturated heterocycles. The molecule has 2 nitrogen and oxygen atoms in total. The van der Waals surface area contributed by atoms with Crippen molar-refractivity contribution in [3.8, 4) is 10.6 Å². The van der Waals surface area contributed by atoms with Gasteiger partial charge in [0.25, 0.3) is 0 Å². The first kappa shape index (κ1) is 11.2. The van der Waals surface area contributed by atoms with Gasteiger partial charge < -0.3 is 5.11 Å². The van der Waals surface area contributed by atoms with Gasteiger partial charge in [-0.05, 0) is 25.5 Å². The number of rotatable bonds is 2. The fourth-order valence-corrected chi connectivity index (χ4v) is 2.34. The lowest BCUT2D eigenvalue weighted by atomic mass is 10.1. The van der Waals surface area contributed by atoms with Gasteiger partial charge in [0.2, 0.25) is 0 Å². The number of hydrogen-bond acceptors (Lipinski definition) is 3. The summed E-state index contributed by atoms with van der Waals surface area (Å²) in [6, 6.07) is 5.23. The summed E-state index contributed by atoms with van der Waals surface area (Å²) in [5.74, 6) is -0.242. The van der Waals surface area contributed by atoms with Crippen molar-refractivity contribution in [1.29, 1.82) is 0 Å². The lowest BCUT2D eigenvalue weighted by Crippen LogP contribution is -1.92. The van der Waals surface area contributed by atoms with Gasteiger partial charge in [-0.25, -0.2) is 9.37 Å². The minimum Gasteiger partial charge on any atom is -0.387 e. The molecule has 0 aliphatic heterocycles. The second-order valence-corrected chi connectivity index (χ2v) is 4.55. The molecule has 0 aliphatic carbocycles. The van der Waals surface area contributed by atoms with Crippen LogP contribution in [0.1, 0.15) is 24.3 Å². The van der Waals surface area contributed by atoms with Crippen molar-refractivity contribution in [2.75, 3.05) is 0 Å². The van der Waals surface area contributed by atoms with E-state index in [4.69, 9.17) is 0 Å². The van der Waals surface area contributed by atoms with Crippen LogP contribution in [0.25, 0.3) is 10.6 Å². The van der Waals surface area contributed by atoms with E-state index < -0.39 is 6.10 Å². The SMILES string of the molecule is Cc1cccc(-c2nc(C(C)O)cs2)c1F. The molecular weight excluding hydrogens is 225 g/mol. The van der Waals surface area contributed by atoms with Gasteiger partial charge >= 0.3 is 0 Å². The minimum absolute atomic E-state index is 0.242. The Balaban J connectivity index is 2.47. The molecule has 2 rings (SSSR count). The van der Waals surface area contributed by atoms with Crippen molar-refractivity contribution >= 4 is 11.3 Å². The average Bonchev–Trinajstić information content (AvgIpc) is 2.71. The van der Waals surface area contributed by atoms with Crippen molar-refractivity contribution < 1.29 is 9.50 Å². The number of benzene rings is 1. The highest BCUT2D eigenvalue weighted by atomic mass is 32.1. The molecule has 1 unspecified atom stereocenters. The van der Waals surface area contributed by atoms with E-state index >= 15 is 0 Å². The number of thiazole rings is 1. The van der Waals surface area contributed by atoms with E-state index in [2.05, 4.69) is 4.98 Å². The lowest BCUT2D eigenvalue weighted by Gasteiger charge is -2.02. The molecule has 2 aromatic rings. The number of aliphatic hydroxyl groups is 1. The van der Waals surface area contributed by atoms with E-state index in [0.717, 1.165) is 0 Å². The smallest absolute Gasteiger partial charge is 0.136 e. The van der Waals surface area contributed by atoms with Gasteiger partial charge in [0.05, 0.1) is 11.8 Å². The maximum atomic E-state index is 13.8. The van der Waals surface area contributed by atoms with Crippen molar-refractivity contribution in [3.05, 3.63) is 40.7 Å². The molecule has 0 spiro atoms. The molecule has 0 aliphatic rings. The summed E-state index contributed by atoms with van der Waals surface area (Å²) in [5.41, 5.74) is 1.68. The lowest BCUT2D eigenvalue weighted by molar-refractivity contribution is 0.195. The quantitative estimate of drug-likeness (QED) is 0.869. The number of aryl methyl sites for hydroxylation is 1. The zero-order valence-corrected chi connectivity index (χ0v) is 9.88. The fraction of sp³-hybridized carbons (Fsp3) is 0.250. The van der Waals surface area contributed by atoms with Crippen molar-refractivity contribution in [1.82, 2.24) is 4.98 Å². The summed E-state index contributed by atoms with van der Waals surface area (Å²) in [5, 5.41) is 11.7. The summed E-state index contributed by atoms with van der Waals surface area (Å²) in [4.78, 5) is 4.21. The third kappa shape index (κ3) is 1.99. The summed E-state index contributed by atoms with van der Waals surface area (Å²) in [6.07, 6.45) is -0.613. The van der Waals surface area contributed by atoms with E-state index in [0.29, 0.717) is 21.8 Å². The molecule has 0 bridgehead atoms. The first-order valence-corrected chi connectivity index (χ1v) is 5.86. The van der Waals surface area contributed by atoms with Crippen LogP contribution in [0.15, 0.2) is 23.6 Å². The molecule has 0 amide bonds. The predicted molar refractivity (Wildman–Crippen MR) is 62.9 cm³/mol. The van der Waals surface area contributed by atoms with Crippen molar-refractivity contribution in [3.63, 3.8) is 0 Å². The summed E-state index contributed by atoms with van der Waals surface area (Å²) in [6.45, 7) is 3.37. The van der Waals surface area contributed by atoms with Crippen molar-refractivity contribution in [2.24, 2.45) is 0 Å². The maximum absolute atomic E-state index is 13.8. The third-order valence-corrected chi connectivity index (χ3v) is 3.27. The van der Waals surface area contributed by atoms with Crippen LogP contribution < -0.4 is 0 Å². The zero-order valence-electron chi connectivity index (χ0n) is 9.07. The van der Waals surface area contributed by atoms with Gasteiger partial charge in [-0.1, -0.05) is 12.1 Å². The Kier molecular flexibility index (Phi) is 3.03. The molecule has 84 valence electrons.